The number of carbonyl (C=O) groups excluding carboxylic acids is 4. The third-order valence-corrected chi connectivity index (χ3v) is 2.72. The van der Waals surface area contributed by atoms with Gasteiger partial charge in [-0.05, 0) is 0 Å². The minimum Gasteiger partial charge on any atom is -0.370 e. The summed E-state index contributed by atoms with van der Waals surface area (Å²) in [4.78, 5) is 45.8. The highest BCUT2D eigenvalue weighted by atomic mass is 16.2. The van der Waals surface area contributed by atoms with Crippen LogP contribution in [0.2, 0.25) is 0 Å². The van der Waals surface area contributed by atoms with Crippen LogP contribution in [0.4, 0.5) is 0 Å². The van der Waals surface area contributed by atoms with Crippen LogP contribution in [0.5, 0.6) is 0 Å². The van der Waals surface area contributed by atoms with Crippen LogP contribution < -0.4 is 22.1 Å². The van der Waals surface area contributed by atoms with Gasteiger partial charge < -0.3 is 22.1 Å². The van der Waals surface area contributed by atoms with Gasteiger partial charge in [0.2, 0.25) is 17.7 Å². The van der Waals surface area contributed by atoms with Gasteiger partial charge in [0.1, 0.15) is 0 Å². The fourth-order valence-electron chi connectivity index (χ4n) is 1.80. The molecule has 0 saturated heterocycles. The largest absolute Gasteiger partial charge is 0.370 e. The molecule has 21 heavy (non-hydrogen) atoms. The predicted octanol–water partition coefficient (Wildman–Crippen LogP) is -1.43. The van der Waals surface area contributed by atoms with Crippen molar-refractivity contribution >= 4 is 23.5 Å². The third-order valence-electron chi connectivity index (χ3n) is 2.72. The van der Waals surface area contributed by atoms with E-state index in [1.54, 1.807) is 20.8 Å². The first-order chi connectivity index (χ1) is 9.67. The summed E-state index contributed by atoms with van der Waals surface area (Å²) in [6, 6.07) is -1.90. The summed E-state index contributed by atoms with van der Waals surface area (Å²) in [5.74, 6) is -2.19. The summed E-state index contributed by atoms with van der Waals surface area (Å²) >= 11 is 0. The molecule has 0 aliphatic rings. The fourth-order valence-corrected chi connectivity index (χ4v) is 1.80. The first kappa shape index (κ1) is 19.0. The lowest BCUT2D eigenvalue weighted by Crippen LogP contribution is -2.53. The van der Waals surface area contributed by atoms with E-state index in [1.165, 1.54) is 0 Å². The predicted molar refractivity (Wildman–Crippen MR) is 76.9 cm³/mol. The van der Waals surface area contributed by atoms with Gasteiger partial charge in [-0.2, -0.15) is 0 Å². The second-order valence-electron chi connectivity index (χ2n) is 5.10. The summed E-state index contributed by atoms with van der Waals surface area (Å²) in [5, 5.41) is 5.34. The maximum atomic E-state index is 12.1. The number of ketones is 1. The monoisotopic (exact) mass is 300 g/mol. The Balaban J connectivity index is 4.91. The number of nitrogens with two attached hydrogens (primary N) is 2. The molecule has 0 fully saturated rings. The van der Waals surface area contributed by atoms with E-state index in [4.69, 9.17) is 11.5 Å². The van der Waals surface area contributed by atoms with E-state index >= 15 is 0 Å². The van der Waals surface area contributed by atoms with E-state index in [2.05, 4.69) is 10.6 Å². The Labute approximate surface area is 124 Å². The summed E-state index contributed by atoms with van der Waals surface area (Å²) in [5.41, 5.74) is 10.2. The number of amides is 3. The van der Waals surface area contributed by atoms with Crippen molar-refractivity contribution in [1.82, 2.24) is 10.6 Å². The van der Waals surface area contributed by atoms with Gasteiger partial charge in [-0.3, -0.25) is 19.2 Å². The van der Waals surface area contributed by atoms with Crippen molar-refractivity contribution in [2.24, 2.45) is 11.5 Å². The second-order valence-corrected chi connectivity index (χ2v) is 5.10. The standard InChI is InChI=1S/C13H24N4O4/c1-4-10(18)8(5-11(14)19)17-13(21)9(6-12(15)20)16-7(2)3/h7-9,16H,4-6H2,1-3H3,(H2,14,19)(H2,15,20)(H,17,21). The van der Waals surface area contributed by atoms with E-state index in [0.29, 0.717) is 0 Å². The topological polar surface area (TPSA) is 144 Å². The van der Waals surface area contributed by atoms with Crippen LogP contribution in [-0.2, 0) is 19.2 Å². The van der Waals surface area contributed by atoms with Crippen molar-refractivity contribution in [2.75, 3.05) is 0 Å². The fraction of sp³-hybridized carbons (Fsp3) is 0.692. The van der Waals surface area contributed by atoms with Crippen LogP contribution in [0.3, 0.4) is 0 Å². The van der Waals surface area contributed by atoms with Gasteiger partial charge in [0.15, 0.2) is 5.78 Å². The Morgan fingerprint density at radius 3 is 1.81 bits per heavy atom. The molecule has 3 amide bonds. The van der Waals surface area contributed by atoms with Crippen molar-refractivity contribution in [3.8, 4) is 0 Å². The van der Waals surface area contributed by atoms with Crippen LogP contribution in [0.15, 0.2) is 0 Å². The molecule has 0 rings (SSSR count). The number of Topliss-reactive ketones (excluding diaryl/α,β-unsaturated/α-hetero) is 1. The first-order valence-corrected chi connectivity index (χ1v) is 6.83. The minimum absolute atomic E-state index is 0.0587. The molecule has 120 valence electrons. The van der Waals surface area contributed by atoms with Crippen LogP contribution in [0.1, 0.15) is 40.0 Å². The Hall–Kier alpha value is -1.96. The van der Waals surface area contributed by atoms with Gasteiger partial charge in [0, 0.05) is 12.5 Å². The summed E-state index contributed by atoms with van der Waals surface area (Å²) in [7, 11) is 0. The maximum absolute atomic E-state index is 12.1. The highest BCUT2D eigenvalue weighted by Crippen LogP contribution is 2.01. The van der Waals surface area contributed by atoms with Crippen molar-refractivity contribution < 1.29 is 19.2 Å². The van der Waals surface area contributed by atoms with Gasteiger partial charge in [0.25, 0.3) is 0 Å². The molecular weight excluding hydrogens is 276 g/mol. The van der Waals surface area contributed by atoms with Crippen LogP contribution >= 0.6 is 0 Å². The van der Waals surface area contributed by atoms with Crippen molar-refractivity contribution in [3.63, 3.8) is 0 Å². The number of carbonyl (C=O) groups is 4. The molecule has 0 aromatic heterocycles. The van der Waals surface area contributed by atoms with E-state index in [9.17, 15) is 19.2 Å². The Morgan fingerprint density at radius 1 is 0.952 bits per heavy atom. The lowest BCUT2D eigenvalue weighted by atomic mass is 10.0. The molecule has 6 N–H and O–H groups in total. The molecule has 0 heterocycles. The molecule has 0 aliphatic heterocycles. The first-order valence-electron chi connectivity index (χ1n) is 6.83. The van der Waals surface area contributed by atoms with Crippen LogP contribution in [0.25, 0.3) is 0 Å². The highest BCUT2D eigenvalue weighted by Gasteiger charge is 2.27. The molecule has 0 saturated carbocycles. The number of hydrogen-bond donors (Lipinski definition) is 4. The number of nitrogens with one attached hydrogen (secondary N) is 2. The molecule has 0 bridgehead atoms. The molecule has 2 atom stereocenters. The number of rotatable bonds is 10. The van der Waals surface area contributed by atoms with E-state index < -0.39 is 29.8 Å². The zero-order chi connectivity index (χ0) is 16.6. The Kier molecular flexibility index (Phi) is 8.22. The van der Waals surface area contributed by atoms with E-state index in [1.807, 2.05) is 0 Å². The highest BCUT2D eigenvalue weighted by molar-refractivity contribution is 5.95. The lowest BCUT2D eigenvalue weighted by Gasteiger charge is -2.22. The molecular formula is C13H24N4O4. The van der Waals surface area contributed by atoms with Gasteiger partial charge in [-0.15, -0.1) is 0 Å². The summed E-state index contributed by atoms with van der Waals surface area (Å²) in [6.45, 7) is 5.23. The molecule has 0 aliphatic carbocycles. The third kappa shape index (κ3) is 8.03. The van der Waals surface area contributed by atoms with Crippen molar-refractivity contribution in [1.29, 1.82) is 0 Å². The normalized spacial score (nSPS) is 13.5. The van der Waals surface area contributed by atoms with Crippen LogP contribution in [-0.4, -0.2) is 41.6 Å². The second kappa shape index (κ2) is 9.06. The molecule has 8 nitrogen and oxygen atoms in total. The Morgan fingerprint density at radius 2 is 1.43 bits per heavy atom. The molecule has 0 aromatic carbocycles. The average Bonchev–Trinajstić information content (AvgIpc) is 2.34. The summed E-state index contributed by atoms with van der Waals surface area (Å²) in [6.07, 6.45) is -0.312. The number of primary amides is 2. The quantitative estimate of drug-likeness (QED) is 0.391. The number of hydrogen-bond acceptors (Lipinski definition) is 5. The van der Waals surface area contributed by atoms with E-state index in [-0.39, 0.29) is 31.1 Å². The smallest absolute Gasteiger partial charge is 0.238 e. The zero-order valence-corrected chi connectivity index (χ0v) is 12.6. The molecule has 2 unspecified atom stereocenters. The van der Waals surface area contributed by atoms with Crippen molar-refractivity contribution in [2.45, 2.75) is 58.2 Å². The summed E-state index contributed by atoms with van der Waals surface area (Å²) < 4.78 is 0. The van der Waals surface area contributed by atoms with Gasteiger partial charge in [0.05, 0.1) is 24.9 Å². The lowest BCUT2D eigenvalue weighted by molar-refractivity contribution is -0.132. The van der Waals surface area contributed by atoms with Gasteiger partial charge in [-0.25, -0.2) is 0 Å². The molecule has 0 radical (unpaired) electrons. The van der Waals surface area contributed by atoms with Gasteiger partial charge in [-0.1, -0.05) is 20.8 Å². The maximum Gasteiger partial charge on any atom is 0.238 e. The minimum atomic E-state index is -0.982. The SMILES string of the molecule is CCC(=O)C(CC(N)=O)NC(=O)C(CC(N)=O)NC(C)C. The van der Waals surface area contributed by atoms with Crippen molar-refractivity contribution in [3.05, 3.63) is 0 Å². The average molecular weight is 300 g/mol. The molecule has 8 heteroatoms. The van der Waals surface area contributed by atoms with Gasteiger partial charge >= 0.3 is 0 Å². The molecule has 0 aromatic rings. The van der Waals surface area contributed by atoms with E-state index in [0.717, 1.165) is 0 Å². The zero-order valence-electron chi connectivity index (χ0n) is 12.6. The van der Waals surface area contributed by atoms with Crippen LogP contribution in [0, 0.1) is 0 Å². The Bertz CT molecular complexity index is 409. The molecule has 0 spiro atoms.